The summed E-state index contributed by atoms with van der Waals surface area (Å²) in [6, 6.07) is 11.9. The van der Waals surface area contributed by atoms with Crippen molar-refractivity contribution in [1.82, 2.24) is 24.4 Å². The number of nitrogens with zero attached hydrogens (tertiary/aromatic N) is 5. The predicted octanol–water partition coefficient (Wildman–Crippen LogP) is 5.99. The van der Waals surface area contributed by atoms with Gasteiger partial charge in [0, 0.05) is 44.7 Å². The first-order chi connectivity index (χ1) is 18.2. The normalized spacial score (nSPS) is 15.9. The summed E-state index contributed by atoms with van der Waals surface area (Å²) in [7, 11) is -1.25. The van der Waals surface area contributed by atoms with Gasteiger partial charge in [-0.25, -0.2) is 19.7 Å². The predicted molar refractivity (Wildman–Crippen MR) is 149 cm³/mol. The zero-order valence-corrected chi connectivity index (χ0v) is 23.0. The van der Waals surface area contributed by atoms with E-state index in [-0.39, 0.29) is 11.8 Å². The molecule has 0 bridgehead atoms. The average molecular weight is 532 g/mol. The Hall–Kier alpha value is -3.76. The van der Waals surface area contributed by atoms with Gasteiger partial charge in [-0.1, -0.05) is 37.8 Å². The van der Waals surface area contributed by atoms with E-state index < -0.39 is 14.2 Å². The number of carboxylic acid groups (broad SMARTS) is 1. The van der Waals surface area contributed by atoms with Crippen LogP contribution in [0.4, 0.5) is 4.79 Å². The van der Waals surface area contributed by atoms with E-state index in [2.05, 4.69) is 34.6 Å². The molecule has 5 rings (SSSR count). The molecule has 1 saturated heterocycles. The molecule has 0 spiro atoms. The molecule has 1 aliphatic rings. The highest BCUT2D eigenvalue weighted by molar-refractivity contribution is 6.76. The fourth-order valence-corrected chi connectivity index (χ4v) is 5.56. The summed E-state index contributed by atoms with van der Waals surface area (Å²) in [5.74, 6) is 1.51. The smallest absolute Gasteiger partial charge is 0.407 e. The molecular weight excluding hydrogens is 498 g/mol. The molecule has 2 N–H and O–H groups in total. The molecule has 3 heterocycles. The number of benzene rings is 2. The summed E-state index contributed by atoms with van der Waals surface area (Å²) >= 11 is 0. The summed E-state index contributed by atoms with van der Waals surface area (Å²) in [5.41, 5.74) is 2.46. The van der Waals surface area contributed by atoms with E-state index in [4.69, 9.17) is 4.74 Å². The van der Waals surface area contributed by atoms with Crippen LogP contribution in [0.25, 0.3) is 33.4 Å². The third kappa shape index (κ3) is 5.56. The first-order valence-corrected chi connectivity index (χ1v) is 16.6. The second-order valence-electron chi connectivity index (χ2n) is 11.0. The Morgan fingerprint density at radius 3 is 2.50 bits per heavy atom. The van der Waals surface area contributed by atoms with Crippen LogP contribution >= 0.6 is 0 Å². The number of likely N-dealkylation sites (tertiary alicyclic amines) is 1. The Morgan fingerprint density at radius 1 is 1.03 bits per heavy atom. The lowest BCUT2D eigenvalue weighted by Crippen LogP contribution is -2.31. The first-order valence-electron chi connectivity index (χ1n) is 12.9. The maximum Gasteiger partial charge on any atom is 0.407 e. The number of aromatic nitrogens is 4. The number of hydrogen-bond donors (Lipinski definition) is 2. The van der Waals surface area contributed by atoms with Crippen LogP contribution in [-0.2, 0) is 11.5 Å². The van der Waals surface area contributed by atoms with Gasteiger partial charge in [-0.15, -0.1) is 0 Å². The highest BCUT2D eigenvalue weighted by Gasteiger charge is 2.34. The number of imidazole rings is 1. The van der Waals surface area contributed by atoms with E-state index in [1.807, 2.05) is 28.8 Å². The number of rotatable bonds is 8. The highest BCUT2D eigenvalue weighted by atomic mass is 28.3. The van der Waals surface area contributed by atoms with Crippen molar-refractivity contribution >= 4 is 24.9 Å². The van der Waals surface area contributed by atoms with Crippen molar-refractivity contribution in [2.45, 2.75) is 51.3 Å². The number of aromatic hydroxyl groups is 1. The van der Waals surface area contributed by atoms with Gasteiger partial charge in [-0.3, -0.25) is 4.90 Å². The second-order valence-corrected chi connectivity index (χ2v) is 16.6. The number of phenols is 1. The fraction of sp³-hybridized carbons (Fsp3) is 0.357. The van der Waals surface area contributed by atoms with E-state index >= 15 is 0 Å². The molecule has 1 amide bonds. The molecule has 2 aromatic carbocycles. The van der Waals surface area contributed by atoms with Gasteiger partial charge < -0.3 is 19.5 Å². The van der Waals surface area contributed by atoms with Crippen LogP contribution in [0.1, 0.15) is 24.7 Å². The molecule has 0 unspecified atom stereocenters. The molecule has 2 aromatic heterocycles. The van der Waals surface area contributed by atoms with E-state index in [0.29, 0.717) is 31.5 Å². The topological polar surface area (TPSA) is 114 Å². The molecule has 38 heavy (non-hydrogen) atoms. The largest absolute Gasteiger partial charge is 0.508 e. The molecule has 1 fully saturated rings. The Kier molecular flexibility index (Phi) is 7.18. The molecule has 198 valence electrons. The quantitative estimate of drug-likeness (QED) is 0.212. The summed E-state index contributed by atoms with van der Waals surface area (Å²) in [6.07, 6.45) is 5.90. The molecule has 0 aliphatic carbocycles. The van der Waals surface area contributed by atoms with Crippen LogP contribution < -0.4 is 0 Å². The van der Waals surface area contributed by atoms with Crippen molar-refractivity contribution in [3.63, 3.8) is 0 Å². The van der Waals surface area contributed by atoms with Gasteiger partial charge in [-0.2, -0.15) is 0 Å². The summed E-state index contributed by atoms with van der Waals surface area (Å²) < 4.78 is 8.06. The minimum absolute atomic E-state index is 0.232. The third-order valence-electron chi connectivity index (χ3n) is 6.93. The van der Waals surface area contributed by atoms with E-state index in [1.165, 1.54) is 4.90 Å². The Morgan fingerprint density at radius 2 is 1.76 bits per heavy atom. The Bertz CT molecular complexity index is 1450. The molecule has 10 heteroatoms. The average Bonchev–Trinajstić information content (AvgIpc) is 3.53. The van der Waals surface area contributed by atoms with Crippen molar-refractivity contribution in [1.29, 1.82) is 0 Å². The number of fused-ring (bicyclic) bond motifs is 1. The molecule has 1 aliphatic heterocycles. The van der Waals surface area contributed by atoms with Crippen molar-refractivity contribution in [3.8, 4) is 28.4 Å². The van der Waals surface area contributed by atoms with Gasteiger partial charge in [0.1, 0.15) is 18.3 Å². The van der Waals surface area contributed by atoms with Crippen LogP contribution in [0.5, 0.6) is 5.75 Å². The second kappa shape index (κ2) is 10.5. The molecule has 4 aromatic rings. The third-order valence-corrected chi connectivity index (χ3v) is 8.63. The van der Waals surface area contributed by atoms with Crippen LogP contribution in [0.15, 0.2) is 55.0 Å². The summed E-state index contributed by atoms with van der Waals surface area (Å²) in [6.45, 7) is 8.37. The van der Waals surface area contributed by atoms with Gasteiger partial charge in [0.25, 0.3) is 0 Å². The lowest BCUT2D eigenvalue weighted by Gasteiger charge is -2.23. The van der Waals surface area contributed by atoms with Crippen molar-refractivity contribution in [3.05, 3.63) is 60.8 Å². The van der Waals surface area contributed by atoms with Gasteiger partial charge in [0.2, 0.25) is 0 Å². The van der Waals surface area contributed by atoms with Crippen LogP contribution in [-0.4, -0.2) is 62.0 Å². The lowest BCUT2D eigenvalue weighted by atomic mass is 10.1. The van der Waals surface area contributed by atoms with Gasteiger partial charge >= 0.3 is 6.09 Å². The van der Waals surface area contributed by atoms with E-state index in [1.54, 1.807) is 30.7 Å². The van der Waals surface area contributed by atoms with Gasteiger partial charge in [-0.05, 0) is 47.9 Å². The number of carbonyl (C=O) groups is 1. The maximum atomic E-state index is 11.8. The summed E-state index contributed by atoms with van der Waals surface area (Å²) in [4.78, 5) is 27.2. The first kappa shape index (κ1) is 25.9. The number of amides is 1. The maximum absolute atomic E-state index is 11.8. The number of hydrogen-bond acceptors (Lipinski definition) is 6. The SMILES string of the molecule is C[Si](C)(C)CCOCn1c(-c2cnc(-c3ccc4cc(O)ccc4c3)nc2)cnc1[C@@H]1CCCN1C(=O)O. The zero-order valence-electron chi connectivity index (χ0n) is 22.0. The molecule has 1 atom stereocenters. The molecule has 0 saturated carbocycles. The lowest BCUT2D eigenvalue weighted by molar-refractivity contribution is 0.0815. The van der Waals surface area contributed by atoms with Gasteiger partial charge in [0.15, 0.2) is 5.82 Å². The van der Waals surface area contributed by atoms with Crippen molar-refractivity contribution in [2.24, 2.45) is 0 Å². The number of ether oxygens (including phenoxy) is 1. The van der Waals surface area contributed by atoms with Gasteiger partial charge in [0.05, 0.1) is 17.9 Å². The van der Waals surface area contributed by atoms with Crippen molar-refractivity contribution < 1.29 is 19.7 Å². The zero-order chi connectivity index (χ0) is 26.9. The van der Waals surface area contributed by atoms with Crippen molar-refractivity contribution in [2.75, 3.05) is 13.2 Å². The Balaban J connectivity index is 1.44. The number of phenolic OH excluding ortho intramolecular Hbond substituents is 1. The Labute approximate surface area is 222 Å². The highest BCUT2D eigenvalue weighted by Crippen LogP contribution is 2.34. The minimum atomic E-state index is -1.25. The monoisotopic (exact) mass is 531 g/mol. The van der Waals surface area contributed by atoms with Crippen LogP contribution in [0, 0.1) is 0 Å². The molecule has 0 radical (unpaired) electrons. The molecular formula is C28H33N5O4Si. The fourth-order valence-electron chi connectivity index (χ4n) is 4.80. The van der Waals surface area contributed by atoms with Crippen LogP contribution in [0.2, 0.25) is 25.7 Å². The standard InChI is InChI=1S/C28H33N5O4Si/c1-38(2,3)12-11-37-18-33-25(17-31-27(33)24-5-4-10-32(24)28(35)36)22-15-29-26(30-16-22)21-7-6-20-14-23(34)9-8-19(20)13-21/h6-9,13-17,24,34H,4-5,10-12,18H2,1-3H3,(H,35,36)/t24-/m0/s1. The van der Waals surface area contributed by atoms with E-state index in [9.17, 15) is 15.0 Å². The summed E-state index contributed by atoms with van der Waals surface area (Å²) in [5, 5.41) is 21.4. The molecule has 9 nitrogen and oxygen atoms in total. The van der Waals surface area contributed by atoms with E-state index in [0.717, 1.165) is 46.5 Å². The minimum Gasteiger partial charge on any atom is -0.508 e. The van der Waals surface area contributed by atoms with Crippen LogP contribution in [0.3, 0.4) is 0 Å².